The van der Waals surface area contributed by atoms with Crippen LogP contribution in [0.25, 0.3) is 0 Å². The van der Waals surface area contributed by atoms with E-state index in [1.807, 2.05) is 0 Å². The van der Waals surface area contributed by atoms with Crippen LogP contribution in [-0.4, -0.2) is 5.84 Å². The van der Waals surface area contributed by atoms with E-state index in [-0.39, 0.29) is 0 Å². The molecule has 2 nitrogen and oxygen atoms in total. The van der Waals surface area contributed by atoms with Crippen molar-refractivity contribution in [3.8, 4) is 0 Å². The maximum Gasteiger partial charge on any atom is 0.328 e. The van der Waals surface area contributed by atoms with Crippen LogP contribution in [0.3, 0.4) is 0 Å². The summed E-state index contributed by atoms with van der Waals surface area (Å²) < 4.78 is 38.4. The van der Waals surface area contributed by atoms with Crippen molar-refractivity contribution in [2.45, 2.75) is 5.92 Å². The Bertz CT molecular complexity index is 336. The Morgan fingerprint density at radius 2 is 2.00 bits per heavy atom. The van der Waals surface area contributed by atoms with Crippen LogP contribution in [0.2, 0.25) is 0 Å². The molecule has 0 heterocycles. The number of hydrogen-bond donors (Lipinski definition) is 2. The fourth-order valence-electron chi connectivity index (χ4n) is 0.839. The summed E-state index contributed by atoms with van der Waals surface area (Å²) in [5.41, 5.74) is 4.05. The molecule has 13 heavy (non-hydrogen) atoms. The molecule has 5 heteroatoms. The summed E-state index contributed by atoms with van der Waals surface area (Å²) in [6.45, 7) is 0. The normalized spacial score (nSPS) is 11.3. The molecule has 1 rings (SSSR count). The van der Waals surface area contributed by atoms with Crippen LogP contribution in [0.4, 0.5) is 13.2 Å². The number of hydrogen-bond acceptors (Lipinski definition) is 1. The second-order valence-corrected chi connectivity index (χ2v) is 2.50. The first-order valence-electron chi connectivity index (χ1n) is 3.43. The highest BCUT2D eigenvalue weighted by molar-refractivity contribution is 5.85. The van der Waals surface area contributed by atoms with Gasteiger partial charge in [-0.2, -0.15) is 8.78 Å². The Kier molecular flexibility index (Phi) is 2.27. The lowest BCUT2D eigenvalue weighted by Gasteiger charge is -2.14. The predicted molar refractivity (Wildman–Crippen MR) is 42.2 cm³/mol. The minimum Gasteiger partial charge on any atom is -0.382 e. The van der Waals surface area contributed by atoms with Gasteiger partial charge in [-0.05, 0) is 12.1 Å². The maximum absolute atomic E-state index is 12.9. The first-order chi connectivity index (χ1) is 5.94. The van der Waals surface area contributed by atoms with Gasteiger partial charge in [-0.15, -0.1) is 0 Å². The molecule has 1 aromatic rings. The van der Waals surface area contributed by atoms with Crippen molar-refractivity contribution in [2.75, 3.05) is 0 Å². The Balaban J connectivity index is 3.14. The molecule has 0 saturated carbocycles. The summed E-state index contributed by atoms with van der Waals surface area (Å²) in [6, 6.07) is 3.85. The molecular weight excluding hydrogens is 181 g/mol. The SMILES string of the molecule is N=C(N)C(F)(F)c1cccc(F)c1. The van der Waals surface area contributed by atoms with Crippen LogP contribution in [-0.2, 0) is 5.92 Å². The van der Waals surface area contributed by atoms with E-state index in [1.54, 1.807) is 0 Å². The molecular formula is C8H7F3N2. The van der Waals surface area contributed by atoms with Crippen molar-refractivity contribution in [1.82, 2.24) is 0 Å². The molecule has 0 amide bonds. The topological polar surface area (TPSA) is 49.9 Å². The number of amidine groups is 1. The maximum atomic E-state index is 12.9. The van der Waals surface area contributed by atoms with Gasteiger partial charge < -0.3 is 5.73 Å². The number of benzene rings is 1. The molecule has 0 atom stereocenters. The van der Waals surface area contributed by atoms with Gasteiger partial charge in [0.1, 0.15) is 5.82 Å². The summed E-state index contributed by atoms with van der Waals surface area (Å²) in [6.07, 6.45) is 0. The van der Waals surface area contributed by atoms with Gasteiger partial charge in [0.05, 0.1) is 0 Å². The molecule has 1 aromatic carbocycles. The lowest BCUT2D eigenvalue weighted by molar-refractivity contribution is 0.0731. The van der Waals surface area contributed by atoms with Gasteiger partial charge in [-0.3, -0.25) is 5.41 Å². The molecule has 0 saturated heterocycles. The van der Waals surface area contributed by atoms with Gasteiger partial charge in [0.15, 0.2) is 5.84 Å². The third-order valence-corrected chi connectivity index (χ3v) is 1.53. The molecule has 0 aromatic heterocycles. The van der Waals surface area contributed by atoms with Gasteiger partial charge in [0.2, 0.25) is 0 Å². The highest BCUT2D eigenvalue weighted by Crippen LogP contribution is 2.27. The minimum absolute atomic E-state index is 0.611. The quantitative estimate of drug-likeness (QED) is 0.540. The van der Waals surface area contributed by atoms with Crippen LogP contribution in [0.5, 0.6) is 0 Å². The summed E-state index contributed by atoms with van der Waals surface area (Å²) in [5, 5.41) is 6.61. The first kappa shape index (κ1) is 9.57. The van der Waals surface area contributed by atoms with E-state index in [2.05, 4.69) is 5.73 Å². The predicted octanol–water partition coefficient (Wildman–Crippen LogP) is 1.85. The largest absolute Gasteiger partial charge is 0.382 e. The van der Waals surface area contributed by atoms with Crippen LogP contribution in [0, 0.1) is 11.2 Å². The van der Waals surface area contributed by atoms with Gasteiger partial charge in [-0.25, -0.2) is 4.39 Å². The second kappa shape index (κ2) is 3.08. The molecule has 0 aliphatic heterocycles. The number of halogens is 3. The second-order valence-electron chi connectivity index (χ2n) is 2.50. The van der Waals surface area contributed by atoms with Crippen LogP contribution >= 0.6 is 0 Å². The van der Waals surface area contributed by atoms with Crippen molar-refractivity contribution in [2.24, 2.45) is 5.73 Å². The summed E-state index contributed by atoms with van der Waals surface area (Å²) in [4.78, 5) is 0. The molecule has 0 radical (unpaired) electrons. The summed E-state index contributed by atoms with van der Waals surface area (Å²) >= 11 is 0. The van der Waals surface area contributed by atoms with Crippen LogP contribution in [0.1, 0.15) is 5.56 Å². The average molecular weight is 188 g/mol. The summed E-state index contributed by atoms with van der Waals surface area (Å²) in [7, 11) is 0. The zero-order chi connectivity index (χ0) is 10.1. The molecule has 0 unspecified atom stereocenters. The van der Waals surface area contributed by atoms with Crippen LogP contribution < -0.4 is 5.73 Å². The Hall–Kier alpha value is -1.52. The number of nitrogens with one attached hydrogen (secondary N) is 1. The molecule has 0 bridgehead atoms. The van der Waals surface area contributed by atoms with Crippen molar-refractivity contribution < 1.29 is 13.2 Å². The van der Waals surface area contributed by atoms with E-state index in [0.717, 1.165) is 18.2 Å². The van der Waals surface area contributed by atoms with Crippen molar-refractivity contribution in [1.29, 1.82) is 5.41 Å². The lowest BCUT2D eigenvalue weighted by atomic mass is 10.1. The van der Waals surface area contributed by atoms with E-state index in [1.165, 1.54) is 0 Å². The molecule has 70 valence electrons. The monoisotopic (exact) mass is 188 g/mol. The smallest absolute Gasteiger partial charge is 0.328 e. The Labute approximate surface area is 72.7 Å². The fraction of sp³-hybridized carbons (Fsp3) is 0.125. The van der Waals surface area contributed by atoms with Crippen molar-refractivity contribution >= 4 is 5.84 Å². The van der Waals surface area contributed by atoms with Gasteiger partial charge in [-0.1, -0.05) is 12.1 Å². The highest BCUT2D eigenvalue weighted by Gasteiger charge is 2.35. The molecule has 0 aliphatic rings. The Morgan fingerprint density at radius 3 is 2.46 bits per heavy atom. The number of nitrogens with two attached hydrogens (primary N) is 1. The highest BCUT2D eigenvalue weighted by atomic mass is 19.3. The van der Waals surface area contributed by atoms with E-state index >= 15 is 0 Å². The number of rotatable bonds is 2. The molecule has 3 N–H and O–H groups in total. The lowest BCUT2D eigenvalue weighted by Crippen LogP contribution is -2.32. The summed E-state index contributed by atoms with van der Waals surface area (Å²) in [5.74, 6) is -5.67. The van der Waals surface area contributed by atoms with Crippen molar-refractivity contribution in [3.05, 3.63) is 35.6 Å². The third-order valence-electron chi connectivity index (χ3n) is 1.53. The van der Waals surface area contributed by atoms with Crippen molar-refractivity contribution in [3.63, 3.8) is 0 Å². The molecule has 0 spiro atoms. The standard InChI is InChI=1S/C8H7F3N2/c9-6-3-1-2-5(4-6)8(10,11)7(12)13/h1-4H,(H3,12,13). The fourth-order valence-corrected chi connectivity index (χ4v) is 0.839. The molecule has 0 fully saturated rings. The molecule has 0 aliphatic carbocycles. The van der Waals surface area contributed by atoms with Crippen LogP contribution in [0.15, 0.2) is 24.3 Å². The van der Waals surface area contributed by atoms with E-state index in [4.69, 9.17) is 5.41 Å². The Morgan fingerprint density at radius 1 is 1.38 bits per heavy atom. The minimum atomic E-state index is -3.60. The van der Waals surface area contributed by atoms with Gasteiger partial charge in [0, 0.05) is 5.56 Å². The number of alkyl halides is 2. The van der Waals surface area contributed by atoms with Gasteiger partial charge in [0.25, 0.3) is 0 Å². The van der Waals surface area contributed by atoms with E-state index < -0.39 is 23.1 Å². The zero-order valence-electron chi connectivity index (χ0n) is 6.52. The van der Waals surface area contributed by atoms with E-state index in [0.29, 0.717) is 6.07 Å². The average Bonchev–Trinajstić information content (AvgIpc) is 2.04. The van der Waals surface area contributed by atoms with E-state index in [9.17, 15) is 13.2 Å². The first-order valence-corrected chi connectivity index (χ1v) is 3.43. The zero-order valence-corrected chi connectivity index (χ0v) is 6.52. The third kappa shape index (κ3) is 1.80. The van der Waals surface area contributed by atoms with Gasteiger partial charge >= 0.3 is 5.92 Å².